The van der Waals surface area contributed by atoms with E-state index in [0.717, 1.165) is 18.4 Å². The lowest BCUT2D eigenvalue weighted by molar-refractivity contribution is 0.0733. The Morgan fingerprint density at radius 1 is 1.15 bits per heavy atom. The summed E-state index contributed by atoms with van der Waals surface area (Å²) in [4.78, 5) is 32.0. The van der Waals surface area contributed by atoms with Crippen molar-refractivity contribution in [1.29, 1.82) is 0 Å². The molecule has 1 aromatic carbocycles. The van der Waals surface area contributed by atoms with Gasteiger partial charge in [-0.2, -0.15) is 0 Å². The molecule has 3 heterocycles. The third-order valence-electron chi connectivity index (χ3n) is 5.27. The normalized spacial score (nSPS) is 17.0. The standard InChI is InChI=1S/C21H21N3O2/c1-14-8-9-16(12-15(14)2)18-6-5-11-23(18)20(25)17-13-22-19-7-3-4-10-24(19)21(17)26/h3-4,7-10,12-13,18H,5-6,11H2,1-2H3/t18-/m1/s1. The second kappa shape index (κ2) is 6.41. The number of hydrogen-bond acceptors (Lipinski definition) is 3. The fraction of sp³-hybridized carbons (Fsp3) is 0.286. The van der Waals surface area contributed by atoms with Gasteiger partial charge in [-0.05, 0) is 55.5 Å². The van der Waals surface area contributed by atoms with Gasteiger partial charge in [-0.15, -0.1) is 0 Å². The molecule has 1 saturated heterocycles. The number of hydrogen-bond donors (Lipinski definition) is 0. The number of benzene rings is 1. The van der Waals surface area contributed by atoms with Gasteiger partial charge in [-0.1, -0.05) is 24.3 Å². The maximum atomic E-state index is 13.1. The number of fused-ring (bicyclic) bond motifs is 1. The van der Waals surface area contributed by atoms with Crippen LogP contribution in [0, 0.1) is 13.8 Å². The summed E-state index contributed by atoms with van der Waals surface area (Å²) in [6, 6.07) is 11.7. The van der Waals surface area contributed by atoms with Gasteiger partial charge in [-0.25, -0.2) is 4.98 Å². The molecule has 26 heavy (non-hydrogen) atoms. The zero-order valence-electron chi connectivity index (χ0n) is 15.0. The zero-order chi connectivity index (χ0) is 18.3. The first-order valence-corrected chi connectivity index (χ1v) is 8.91. The van der Waals surface area contributed by atoms with Crippen molar-refractivity contribution in [2.24, 2.45) is 0 Å². The van der Waals surface area contributed by atoms with Gasteiger partial charge >= 0.3 is 0 Å². The molecule has 0 radical (unpaired) electrons. The summed E-state index contributed by atoms with van der Waals surface area (Å²) in [5.41, 5.74) is 3.94. The Labute approximate surface area is 151 Å². The minimum Gasteiger partial charge on any atom is -0.331 e. The molecular formula is C21H21N3O2. The van der Waals surface area contributed by atoms with Crippen molar-refractivity contribution in [3.63, 3.8) is 0 Å². The van der Waals surface area contributed by atoms with Crippen molar-refractivity contribution >= 4 is 11.6 Å². The molecule has 5 heteroatoms. The smallest absolute Gasteiger partial charge is 0.270 e. The average molecular weight is 347 g/mol. The number of amides is 1. The van der Waals surface area contributed by atoms with Crippen LogP contribution < -0.4 is 5.56 Å². The first-order valence-electron chi connectivity index (χ1n) is 8.91. The number of likely N-dealkylation sites (tertiary alicyclic amines) is 1. The first-order chi connectivity index (χ1) is 12.6. The number of nitrogens with zero attached hydrogens (tertiary/aromatic N) is 3. The van der Waals surface area contributed by atoms with Crippen molar-refractivity contribution in [2.75, 3.05) is 6.54 Å². The lowest BCUT2D eigenvalue weighted by atomic mass is 9.99. The van der Waals surface area contributed by atoms with E-state index in [0.29, 0.717) is 12.2 Å². The molecule has 0 unspecified atom stereocenters. The van der Waals surface area contributed by atoms with Crippen LogP contribution in [0.15, 0.2) is 53.6 Å². The summed E-state index contributed by atoms with van der Waals surface area (Å²) in [6.45, 7) is 4.82. The van der Waals surface area contributed by atoms with Crippen LogP contribution in [0.25, 0.3) is 5.65 Å². The number of aryl methyl sites for hydroxylation is 2. The third-order valence-corrected chi connectivity index (χ3v) is 5.27. The molecule has 5 nitrogen and oxygen atoms in total. The lowest BCUT2D eigenvalue weighted by Crippen LogP contribution is -2.35. The monoisotopic (exact) mass is 347 g/mol. The molecule has 1 atom stereocenters. The van der Waals surface area contributed by atoms with Crippen LogP contribution in [-0.4, -0.2) is 26.7 Å². The van der Waals surface area contributed by atoms with Gasteiger partial charge in [0, 0.05) is 18.9 Å². The quantitative estimate of drug-likeness (QED) is 0.715. The van der Waals surface area contributed by atoms with E-state index in [-0.39, 0.29) is 23.1 Å². The molecular weight excluding hydrogens is 326 g/mol. The second-order valence-electron chi connectivity index (χ2n) is 6.91. The van der Waals surface area contributed by atoms with Crippen LogP contribution in [-0.2, 0) is 0 Å². The predicted octanol–water partition coefficient (Wildman–Crippen LogP) is 3.29. The van der Waals surface area contributed by atoms with Crippen molar-refractivity contribution < 1.29 is 4.79 Å². The Morgan fingerprint density at radius 2 is 2.00 bits per heavy atom. The van der Waals surface area contributed by atoms with Crippen molar-refractivity contribution in [3.8, 4) is 0 Å². The van der Waals surface area contributed by atoms with E-state index in [9.17, 15) is 9.59 Å². The van der Waals surface area contributed by atoms with Gasteiger partial charge < -0.3 is 4.90 Å². The second-order valence-corrected chi connectivity index (χ2v) is 6.91. The minimum atomic E-state index is -0.314. The molecule has 0 saturated carbocycles. The SMILES string of the molecule is Cc1ccc([C@H]2CCCN2C(=O)c2cnc3ccccn3c2=O)cc1C. The number of carbonyl (C=O) groups excluding carboxylic acids is 1. The van der Waals surface area contributed by atoms with Gasteiger partial charge in [0.25, 0.3) is 11.5 Å². The van der Waals surface area contributed by atoms with Gasteiger partial charge in [0.05, 0.1) is 6.04 Å². The number of pyridine rings is 1. The van der Waals surface area contributed by atoms with Crippen molar-refractivity contribution in [3.05, 3.63) is 81.4 Å². The van der Waals surface area contributed by atoms with Crippen molar-refractivity contribution in [1.82, 2.24) is 14.3 Å². The van der Waals surface area contributed by atoms with Crippen LogP contribution in [0.3, 0.4) is 0 Å². The summed E-state index contributed by atoms with van der Waals surface area (Å²) >= 11 is 0. The molecule has 1 fully saturated rings. The summed E-state index contributed by atoms with van der Waals surface area (Å²) in [5, 5.41) is 0. The Bertz CT molecular complexity index is 1050. The Kier molecular flexibility index (Phi) is 4.07. The van der Waals surface area contributed by atoms with E-state index >= 15 is 0 Å². The van der Waals surface area contributed by atoms with Crippen LogP contribution in [0.5, 0.6) is 0 Å². The van der Waals surface area contributed by atoms with E-state index in [4.69, 9.17) is 0 Å². The summed E-state index contributed by atoms with van der Waals surface area (Å²) < 4.78 is 1.42. The fourth-order valence-electron chi connectivity index (χ4n) is 3.66. The largest absolute Gasteiger partial charge is 0.331 e. The summed E-state index contributed by atoms with van der Waals surface area (Å²) in [6.07, 6.45) is 4.91. The molecule has 1 aliphatic heterocycles. The highest BCUT2D eigenvalue weighted by atomic mass is 16.2. The molecule has 1 amide bonds. The summed E-state index contributed by atoms with van der Waals surface area (Å²) in [5.74, 6) is -0.235. The first kappa shape index (κ1) is 16.5. The van der Waals surface area contributed by atoms with Gasteiger partial charge in [0.2, 0.25) is 0 Å². The van der Waals surface area contributed by atoms with E-state index in [1.807, 2.05) is 11.0 Å². The van der Waals surface area contributed by atoms with Crippen LogP contribution in [0.4, 0.5) is 0 Å². The maximum absolute atomic E-state index is 13.1. The molecule has 0 aliphatic carbocycles. The number of rotatable bonds is 2. The van der Waals surface area contributed by atoms with E-state index in [1.165, 1.54) is 21.7 Å². The minimum absolute atomic E-state index is 0.0117. The fourth-order valence-corrected chi connectivity index (χ4v) is 3.66. The van der Waals surface area contributed by atoms with Gasteiger partial charge in [0.15, 0.2) is 0 Å². The number of aromatic nitrogens is 2. The topological polar surface area (TPSA) is 54.7 Å². The highest BCUT2D eigenvalue weighted by Gasteiger charge is 2.32. The Hall–Kier alpha value is -2.95. The molecule has 0 bridgehead atoms. The zero-order valence-corrected chi connectivity index (χ0v) is 15.0. The molecule has 3 aromatic rings. The molecule has 2 aromatic heterocycles. The molecule has 4 rings (SSSR count). The average Bonchev–Trinajstić information content (AvgIpc) is 3.14. The van der Waals surface area contributed by atoms with Gasteiger partial charge in [0.1, 0.15) is 11.2 Å². The van der Waals surface area contributed by atoms with Crippen molar-refractivity contribution in [2.45, 2.75) is 32.7 Å². The third kappa shape index (κ3) is 2.69. The summed E-state index contributed by atoms with van der Waals surface area (Å²) in [7, 11) is 0. The van der Waals surface area contributed by atoms with E-state index in [2.05, 4.69) is 37.0 Å². The molecule has 0 spiro atoms. The Balaban J connectivity index is 1.72. The number of carbonyl (C=O) groups is 1. The maximum Gasteiger partial charge on any atom is 0.270 e. The molecule has 0 N–H and O–H groups in total. The highest BCUT2D eigenvalue weighted by molar-refractivity contribution is 5.94. The van der Waals surface area contributed by atoms with E-state index < -0.39 is 0 Å². The van der Waals surface area contributed by atoms with E-state index in [1.54, 1.807) is 18.3 Å². The lowest BCUT2D eigenvalue weighted by Gasteiger charge is -2.25. The molecule has 132 valence electrons. The van der Waals surface area contributed by atoms with Crippen LogP contribution in [0.2, 0.25) is 0 Å². The highest BCUT2D eigenvalue weighted by Crippen LogP contribution is 2.33. The Morgan fingerprint density at radius 3 is 2.81 bits per heavy atom. The predicted molar refractivity (Wildman–Crippen MR) is 100 cm³/mol. The van der Waals surface area contributed by atoms with Gasteiger partial charge in [-0.3, -0.25) is 14.0 Å². The molecule has 1 aliphatic rings. The van der Waals surface area contributed by atoms with Crippen LogP contribution in [0.1, 0.15) is 45.9 Å². The van der Waals surface area contributed by atoms with Crippen LogP contribution >= 0.6 is 0 Å².